The molecule has 0 radical (unpaired) electrons. The lowest BCUT2D eigenvalue weighted by molar-refractivity contribution is -0.143. The first-order valence-electron chi connectivity index (χ1n) is 11.8. The maximum absolute atomic E-state index is 13.7. The summed E-state index contributed by atoms with van der Waals surface area (Å²) in [7, 11) is 0. The first kappa shape index (κ1) is 27.8. The maximum Gasteiger partial charge on any atom is 0.261 e. The molecule has 2 amide bonds. The number of aryl methyl sites for hydroxylation is 1. The Morgan fingerprint density at radius 1 is 1.03 bits per heavy atom. The number of ether oxygens (including phenoxy) is 1. The predicted molar refractivity (Wildman–Crippen MR) is 148 cm³/mol. The van der Waals surface area contributed by atoms with Crippen LogP contribution in [-0.4, -0.2) is 34.9 Å². The topological polar surface area (TPSA) is 58.6 Å². The first-order chi connectivity index (χ1) is 17.0. The van der Waals surface area contributed by atoms with Gasteiger partial charge >= 0.3 is 0 Å². The van der Waals surface area contributed by atoms with Crippen LogP contribution in [0.3, 0.4) is 0 Å². The average Bonchev–Trinajstić information content (AvgIpc) is 2.81. The lowest BCUT2D eigenvalue weighted by Gasteiger charge is -2.34. The Morgan fingerprint density at radius 2 is 1.69 bits per heavy atom. The lowest BCUT2D eigenvalue weighted by Crippen LogP contribution is -2.55. The van der Waals surface area contributed by atoms with Crippen molar-refractivity contribution < 1.29 is 14.3 Å². The number of benzene rings is 3. The number of rotatable bonds is 9. The third kappa shape index (κ3) is 8.10. The van der Waals surface area contributed by atoms with Gasteiger partial charge in [0.1, 0.15) is 11.8 Å². The highest BCUT2D eigenvalue weighted by Gasteiger charge is 2.32. The zero-order chi connectivity index (χ0) is 26.3. The van der Waals surface area contributed by atoms with E-state index < -0.39 is 11.6 Å². The molecule has 0 aromatic heterocycles. The van der Waals surface area contributed by atoms with Crippen molar-refractivity contribution in [1.82, 2.24) is 10.2 Å². The molecule has 3 rings (SSSR count). The van der Waals surface area contributed by atoms with Gasteiger partial charge in [0.2, 0.25) is 5.91 Å². The van der Waals surface area contributed by atoms with Crippen LogP contribution >= 0.6 is 27.5 Å². The van der Waals surface area contributed by atoms with Crippen LogP contribution in [0, 0.1) is 6.92 Å². The van der Waals surface area contributed by atoms with Crippen LogP contribution in [0.4, 0.5) is 0 Å². The third-order valence-electron chi connectivity index (χ3n) is 5.62. The van der Waals surface area contributed by atoms with Crippen molar-refractivity contribution >= 4 is 39.3 Å². The average molecular weight is 572 g/mol. The van der Waals surface area contributed by atoms with Gasteiger partial charge in [0.15, 0.2) is 6.61 Å². The van der Waals surface area contributed by atoms with E-state index in [0.29, 0.717) is 17.2 Å². The Hall–Kier alpha value is -2.83. The minimum Gasteiger partial charge on any atom is -0.482 e. The minimum absolute atomic E-state index is 0.213. The SMILES string of the molecule is Cc1ccccc1CN(C(=O)COc1ccc(Br)cc1Cl)[C@@H](Cc1ccccc1)C(=O)NC(C)(C)C. The Labute approximate surface area is 226 Å². The van der Waals surface area contributed by atoms with Crippen LogP contribution < -0.4 is 10.1 Å². The van der Waals surface area contributed by atoms with Gasteiger partial charge < -0.3 is 15.0 Å². The molecule has 0 fully saturated rings. The number of nitrogens with zero attached hydrogens (tertiary/aromatic N) is 1. The Kier molecular flexibility index (Phi) is 9.57. The highest BCUT2D eigenvalue weighted by molar-refractivity contribution is 9.10. The second-order valence-electron chi connectivity index (χ2n) is 9.76. The molecule has 0 saturated heterocycles. The van der Waals surface area contributed by atoms with E-state index >= 15 is 0 Å². The van der Waals surface area contributed by atoms with Gasteiger partial charge in [-0.05, 0) is 62.6 Å². The minimum atomic E-state index is -0.734. The quantitative estimate of drug-likeness (QED) is 0.326. The van der Waals surface area contributed by atoms with Gasteiger partial charge in [-0.1, -0.05) is 82.1 Å². The molecule has 5 nitrogen and oxygen atoms in total. The summed E-state index contributed by atoms with van der Waals surface area (Å²) in [5.74, 6) is -0.111. The van der Waals surface area contributed by atoms with E-state index in [1.807, 2.05) is 82.3 Å². The van der Waals surface area contributed by atoms with Crippen molar-refractivity contribution in [2.75, 3.05) is 6.61 Å². The van der Waals surface area contributed by atoms with E-state index in [0.717, 1.165) is 21.2 Å². The van der Waals surface area contributed by atoms with E-state index in [1.165, 1.54) is 0 Å². The summed E-state index contributed by atoms with van der Waals surface area (Å²) in [6.07, 6.45) is 0.374. The molecule has 0 saturated carbocycles. The molecule has 1 atom stereocenters. The van der Waals surface area contributed by atoms with Gasteiger partial charge in [0.25, 0.3) is 5.91 Å². The molecular formula is C29H32BrClN2O3. The zero-order valence-corrected chi connectivity index (χ0v) is 23.4. The molecule has 3 aromatic rings. The standard InChI is InChI=1S/C29H32BrClN2O3/c1-20-10-8-9-13-22(20)18-33(27(34)19-36-26-15-14-23(30)17-24(26)31)25(28(35)32-29(2,3)4)16-21-11-6-5-7-12-21/h5-15,17,25H,16,18-19H2,1-4H3,(H,32,35)/t25-/m0/s1. The number of hydrogen-bond acceptors (Lipinski definition) is 3. The van der Waals surface area contributed by atoms with Crippen LogP contribution in [0.5, 0.6) is 5.75 Å². The normalized spacial score (nSPS) is 12.1. The molecule has 7 heteroatoms. The number of nitrogens with one attached hydrogen (secondary N) is 1. The zero-order valence-electron chi connectivity index (χ0n) is 21.1. The lowest BCUT2D eigenvalue weighted by atomic mass is 10.00. The molecule has 0 heterocycles. The van der Waals surface area contributed by atoms with Crippen LogP contribution in [0.25, 0.3) is 0 Å². The summed E-state index contributed by atoms with van der Waals surface area (Å²) in [5.41, 5.74) is 2.52. The third-order valence-corrected chi connectivity index (χ3v) is 6.40. The van der Waals surface area contributed by atoms with E-state index in [-0.39, 0.29) is 25.0 Å². The summed E-state index contributed by atoms with van der Waals surface area (Å²) < 4.78 is 6.62. The van der Waals surface area contributed by atoms with Crippen LogP contribution in [0.15, 0.2) is 77.3 Å². The monoisotopic (exact) mass is 570 g/mol. The maximum atomic E-state index is 13.7. The summed E-state index contributed by atoms with van der Waals surface area (Å²) in [5, 5.41) is 3.46. The molecule has 0 aliphatic rings. The Bertz CT molecular complexity index is 1190. The number of amides is 2. The fourth-order valence-corrected chi connectivity index (χ4v) is 4.52. The number of halogens is 2. The summed E-state index contributed by atoms with van der Waals surface area (Å²) in [6.45, 7) is 7.81. The van der Waals surface area contributed by atoms with Crippen molar-refractivity contribution in [3.63, 3.8) is 0 Å². The Morgan fingerprint density at radius 3 is 2.33 bits per heavy atom. The van der Waals surface area contributed by atoms with E-state index in [4.69, 9.17) is 16.3 Å². The molecule has 190 valence electrons. The van der Waals surface area contributed by atoms with Crippen molar-refractivity contribution in [2.24, 2.45) is 0 Å². The van der Waals surface area contributed by atoms with Crippen molar-refractivity contribution in [3.05, 3.63) is 99.0 Å². The molecule has 36 heavy (non-hydrogen) atoms. The van der Waals surface area contributed by atoms with Gasteiger partial charge in [-0.15, -0.1) is 0 Å². The number of carbonyl (C=O) groups is 2. The van der Waals surface area contributed by atoms with E-state index in [9.17, 15) is 9.59 Å². The number of hydrogen-bond donors (Lipinski definition) is 1. The Balaban J connectivity index is 1.95. The van der Waals surface area contributed by atoms with Crippen molar-refractivity contribution in [2.45, 2.75) is 52.2 Å². The van der Waals surface area contributed by atoms with Crippen molar-refractivity contribution in [1.29, 1.82) is 0 Å². The van der Waals surface area contributed by atoms with Gasteiger partial charge in [-0.2, -0.15) is 0 Å². The largest absolute Gasteiger partial charge is 0.482 e. The van der Waals surface area contributed by atoms with E-state index in [2.05, 4.69) is 21.2 Å². The molecule has 1 N–H and O–H groups in total. The van der Waals surface area contributed by atoms with Gasteiger partial charge in [0.05, 0.1) is 5.02 Å². The second kappa shape index (κ2) is 12.4. The summed E-state index contributed by atoms with van der Waals surface area (Å²) >= 11 is 9.67. The first-order valence-corrected chi connectivity index (χ1v) is 13.0. The highest BCUT2D eigenvalue weighted by atomic mass is 79.9. The van der Waals surface area contributed by atoms with Gasteiger partial charge in [0, 0.05) is 23.0 Å². The molecular weight excluding hydrogens is 540 g/mol. The molecule has 0 aliphatic carbocycles. The highest BCUT2D eigenvalue weighted by Crippen LogP contribution is 2.28. The smallest absolute Gasteiger partial charge is 0.261 e. The van der Waals surface area contributed by atoms with Crippen LogP contribution in [0.1, 0.15) is 37.5 Å². The molecule has 3 aromatic carbocycles. The van der Waals surface area contributed by atoms with Crippen molar-refractivity contribution in [3.8, 4) is 5.75 Å². The summed E-state index contributed by atoms with van der Waals surface area (Å²) in [4.78, 5) is 28.9. The molecule has 0 spiro atoms. The fourth-order valence-electron chi connectivity index (χ4n) is 3.79. The number of carbonyl (C=O) groups excluding carboxylic acids is 2. The van der Waals surface area contributed by atoms with Gasteiger partial charge in [-0.3, -0.25) is 9.59 Å². The molecule has 0 unspecified atom stereocenters. The van der Waals surface area contributed by atoms with Crippen LogP contribution in [-0.2, 0) is 22.6 Å². The van der Waals surface area contributed by atoms with E-state index in [1.54, 1.807) is 23.1 Å². The predicted octanol–water partition coefficient (Wildman–Crippen LogP) is 6.34. The molecule has 0 aliphatic heterocycles. The molecule has 0 bridgehead atoms. The fraction of sp³-hybridized carbons (Fsp3) is 0.310. The van der Waals surface area contributed by atoms with Gasteiger partial charge in [-0.25, -0.2) is 0 Å². The van der Waals surface area contributed by atoms with Crippen LogP contribution in [0.2, 0.25) is 5.02 Å². The summed E-state index contributed by atoms with van der Waals surface area (Å²) in [6, 6.07) is 22.1. The second-order valence-corrected chi connectivity index (χ2v) is 11.1.